The quantitative estimate of drug-likeness (QED) is 0.727. The molecule has 2 N–H and O–H groups in total. The molecule has 3 aromatic rings. The van der Waals surface area contributed by atoms with Crippen LogP contribution >= 0.6 is 0 Å². The highest BCUT2D eigenvalue weighted by Crippen LogP contribution is 2.21. The molecule has 0 unspecified atom stereocenters. The summed E-state index contributed by atoms with van der Waals surface area (Å²) in [5.74, 6) is 0.939. The van der Waals surface area contributed by atoms with Crippen molar-refractivity contribution in [1.29, 1.82) is 0 Å². The molecule has 0 aliphatic rings. The van der Waals surface area contributed by atoms with E-state index in [9.17, 15) is 4.79 Å². The van der Waals surface area contributed by atoms with Gasteiger partial charge in [0.15, 0.2) is 0 Å². The average molecular weight is 334 g/mol. The zero-order valence-electron chi connectivity index (χ0n) is 14.2. The van der Waals surface area contributed by atoms with Gasteiger partial charge in [-0.15, -0.1) is 0 Å². The van der Waals surface area contributed by atoms with Gasteiger partial charge in [-0.2, -0.15) is 0 Å². The summed E-state index contributed by atoms with van der Waals surface area (Å²) >= 11 is 0. The van der Waals surface area contributed by atoms with Crippen LogP contribution in [-0.4, -0.2) is 22.1 Å². The van der Waals surface area contributed by atoms with Gasteiger partial charge in [-0.25, -0.2) is 9.78 Å². The molecule has 0 saturated heterocycles. The number of imidazole rings is 1. The van der Waals surface area contributed by atoms with Crippen molar-refractivity contribution < 1.29 is 4.79 Å². The minimum atomic E-state index is -0.185. The van der Waals surface area contributed by atoms with Crippen LogP contribution in [0, 0.1) is 6.92 Å². The van der Waals surface area contributed by atoms with Crippen LogP contribution in [0.5, 0.6) is 0 Å². The SMILES string of the molecule is Cc1nccn1CCNC(=O)NC(c1ccccc1)c1ccccc1. The predicted molar refractivity (Wildman–Crippen MR) is 98.2 cm³/mol. The molecule has 2 aromatic carbocycles. The number of benzene rings is 2. The average Bonchev–Trinajstić information content (AvgIpc) is 3.06. The smallest absolute Gasteiger partial charge is 0.315 e. The van der Waals surface area contributed by atoms with Gasteiger partial charge in [-0.05, 0) is 18.1 Å². The first-order valence-corrected chi connectivity index (χ1v) is 8.36. The van der Waals surface area contributed by atoms with Gasteiger partial charge < -0.3 is 15.2 Å². The Bertz CT molecular complexity index is 759. The van der Waals surface area contributed by atoms with Crippen LogP contribution in [0.3, 0.4) is 0 Å². The maximum absolute atomic E-state index is 12.4. The van der Waals surface area contributed by atoms with Crippen molar-refractivity contribution in [3.8, 4) is 0 Å². The number of nitrogens with zero attached hydrogens (tertiary/aromatic N) is 2. The van der Waals surface area contributed by atoms with E-state index >= 15 is 0 Å². The Kier molecular flexibility index (Phi) is 5.46. The minimum absolute atomic E-state index is 0.183. The number of urea groups is 1. The van der Waals surface area contributed by atoms with Crippen molar-refractivity contribution in [2.45, 2.75) is 19.5 Å². The first kappa shape index (κ1) is 16.8. The van der Waals surface area contributed by atoms with Crippen molar-refractivity contribution in [1.82, 2.24) is 20.2 Å². The summed E-state index contributed by atoms with van der Waals surface area (Å²) in [4.78, 5) is 16.5. The number of carbonyl (C=O) groups is 1. The first-order valence-electron chi connectivity index (χ1n) is 8.36. The number of aryl methyl sites for hydroxylation is 1. The summed E-state index contributed by atoms with van der Waals surface area (Å²) in [7, 11) is 0. The zero-order chi connectivity index (χ0) is 17.5. The third kappa shape index (κ3) is 4.47. The van der Waals surface area contributed by atoms with Gasteiger partial charge >= 0.3 is 6.03 Å². The number of aromatic nitrogens is 2. The highest BCUT2D eigenvalue weighted by atomic mass is 16.2. The summed E-state index contributed by atoms with van der Waals surface area (Å²) in [6, 6.07) is 19.6. The molecule has 1 heterocycles. The van der Waals surface area contributed by atoms with Gasteiger partial charge in [0.05, 0.1) is 6.04 Å². The van der Waals surface area contributed by atoms with Crippen LogP contribution < -0.4 is 10.6 Å². The van der Waals surface area contributed by atoms with Crippen molar-refractivity contribution >= 4 is 6.03 Å². The lowest BCUT2D eigenvalue weighted by Gasteiger charge is -2.20. The zero-order valence-corrected chi connectivity index (χ0v) is 14.2. The van der Waals surface area contributed by atoms with Crippen LogP contribution in [0.25, 0.3) is 0 Å². The monoisotopic (exact) mass is 334 g/mol. The summed E-state index contributed by atoms with van der Waals surface area (Å²) in [6.45, 7) is 3.18. The van der Waals surface area contributed by atoms with E-state index in [2.05, 4.69) is 15.6 Å². The number of nitrogens with one attached hydrogen (secondary N) is 2. The second kappa shape index (κ2) is 8.15. The molecule has 2 amide bonds. The summed E-state index contributed by atoms with van der Waals surface area (Å²) < 4.78 is 2.01. The number of hydrogen-bond donors (Lipinski definition) is 2. The Hall–Kier alpha value is -3.08. The Balaban J connectivity index is 1.64. The molecule has 0 atom stereocenters. The predicted octanol–water partition coefficient (Wildman–Crippen LogP) is 3.28. The van der Waals surface area contributed by atoms with Crippen LogP contribution in [0.4, 0.5) is 4.79 Å². The van der Waals surface area contributed by atoms with Crippen molar-refractivity contribution in [2.24, 2.45) is 0 Å². The van der Waals surface area contributed by atoms with E-state index in [0.717, 1.165) is 17.0 Å². The fraction of sp³-hybridized carbons (Fsp3) is 0.200. The number of hydrogen-bond acceptors (Lipinski definition) is 2. The van der Waals surface area contributed by atoms with Crippen LogP contribution in [0.2, 0.25) is 0 Å². The fourth-order valence-corrected chi connectivity index (χ4v) is 2.76. The van der Waals surface area contributed by atoms with Gasteiger partial charge in [0.1, 0.15) is 5.82 Å². The lowest BCUT2D eigenvalue weighted by molar-refractivity contribution is 0.238. The van der Waals surface area contributed by atoms with E-state index in [-0.39, 0.29) is 12.1 Å². The molecule has 128 valence electrons. The van der Waals surface area contributed by atoms with E-state index in [1.165, 1.54) is 0 Å². The van der Waals surface area contributed by atoms with Crippen LogP contribution in [0.15, 0.2) is 73.1 Å². The normalized spacial score (nSPS) is 10.6. The van der Waals surface area contributed by atoms with Crippen molar-refractivity contribution in [3.05, 3.63) is 90.0 Å². The van der Waals surface area contributed by atoms with E-state index in [0.29, 0.717) is 13.1 Å². The molecule has 0 bridgehead atoms. The molecule has 0 aliphatic heterocycles. The van der Waals surface area contributed by atoms with Crippen molar-refractivity contribution in [2.75, 3.05) is 6.54 Å². The van der Waals surface area contributed by atoms with Gasteiger partial charge in [-0.3, -0.25) is 0 Å². The van der Waals surface area contributed by atoms with Gasteiger partial charge in [0, 0.05) is 25.5 Å². The lowest BCUT2D eigenvalue weighted by atomic mass is 9.99. The number of carbonyl (C=O) groups excluding carboxylic acids is 1. The van der Waals surface area contributed by atoms with Crippen LogP contribution in [-0.2, 0) is 6.54 Å². The highest BCUT2D eigenvalue weighted by molar-refractivity contribution is 5.75. The maximum Gasteiger partial charge on any atom is 0.315 e. The van der Waals surface area contributed by atoms with E-state index in [4.69, 9.17) is 0 Å². The molecular weight excluding hydrogens is 312 g/mol. The third-order valence-corrected chi connectivity index (χ3v) is 4.10. The number of rotatable bonds is 6. The summed E-state index contributed by atoms with van der Waals surface area (Å²) in [5.41, 5.74) is 2.10. The Labute approximate surface area is 147 Å². The molecule has 1 aromatic heterocycles. The van der Waals surface area contributed by atoms with Crippen molar-refractivity contribution in [3.63, 3.8) is 0 Å². The van der Waals surface area contributed by atoms with E-state index in [1.54, 1.807) is 6.20 Å². The Morgan fingerprint density at radius 2 is 1.64 bits per heavy atom. The molecule has 5 nitrogen and oxygen atoms in total. The first-order chi connectivity index (χ1) is 12.2. The third-order valence-electron chi connectivity index (χ3n) is 4.10. The molecule has 0 spiro atoms. The molecule has 0 aliphatic carbocycles. The maximum atomic E-state index is 12.4. The highest BCUT2D eigenvalue weighted by Gasteiger charge is 2.16. The summed E-state index contributed by atoms with van der Waals surface area (Å²) in [5, 5.41) is 5.99. The Morgan fingerprint density at radius 3 is 2.16 bits per heavy atom. The second-order valence-electron chi connectivity index (χ2n) is 5.82. The largest absolute Gasteiger partial charge is 0.336 e. The standard InChI is InChI=1S/C20H22N4O/c1-16-21-12-14-24(16)15-13-22-20(25)23-19(17-8-4-2-5-9-17)18-10-6-3-7-11-18/h2-12,14,19H,13,15H2,1H3,(H2,22,23,25). The minimum Gasteiger partial charge on any atom is -0.336 e. The second-order valence-corrected chi connectivity index (χ2v) is 5.82. The molecular formula is C20H22N4O. The van der Waals surface area contributed by atoms with E-state index < -0.39 is 0 Å². The molecule has 5 heteroatoms. The van der Waals surface area contributed by atoms with Gasteiger partial charge in [0.2, 0.25) is 0 Å². The fourth-order valence-electron chi connectivity index (χ4n) is 2.76. The molecule has 3 rings (SSSR count). The van der Waals surface area contributed by atoms with Gasteiger partial charge in [0.25, 0.3) is 0 Å². The van der Waals surface area contributed by atoms with E-state index in [1.807, 2.05) is 78.4 Å². The topological polar surface area (TPSA) is 59.0 Å². The van der Waals surface area contributed by atoms with Gasteiger partial charge in [-0.1, -0.05) is 60.7 Å². The lowest BCUT2D eigenvalue weighted by Crippen LogP contribution is -2.39. The molecule has 25 heavy (non-hydrogen) atoms. The Morgan fingerprint density at radius 1 is 1.04 bits per heavy atom. The molecule has 0 radical (unpaired) electrons. The van der Waals surface area contributed by atoms with Crippen LogP contribution in [0.1, 0.15) is 23.0 Å². The molecule has 0 fully saturated rings. The summed E-state index contributed by atoms with van der Waals surface area (Å²) in [6.07, 6.45) is 3.67. The molecule has 0 saturated carbocycles. The number of amides is 2.